The van der Waals surface area contributed by atoms with Gasteiger partial charge in [-0.3, -0.25) is 9.67 Å². The Bertz CT molecular complexity index is 1120. The molecule has 0 radical (unpaired) electrons. The standard InChI is InChI=1S/C17H19N9O/c1-17(2,27)13-6-4-5-10(20-13)8-26-9-12(23-24-26)14-11-7-19-25(3)15(11)22-16(18)21-14/h4-7,9,27H,8H2,1-3H3,(H2,18,21,22). The molecule has 4 aromatic rings. The topological polar surface area (TPSA) is 133 Å². The fraction of sp³-hybridized carbons (Fsp3) is 0.294. The van der Waals surface area contributed by atoms with Crippen LogP contribution < -0.4 is 5.73 Å². The largest absolute Gasteiger partial charge is 0.384 e. The second kappa shape index (κ2) is 6.09. The number of hydrogen-bond donors (Lipinski definition) is 2. The third kappa shape index (κ3) is 3.22. The van der Waals surface area contributed by atoms with E-state index in [2.05, 4.69) is 30.4 Å². The number of rotatable bonds is 4. The molecule has 0 aliphatic carbocycles. The quantitative estimate of drug-likeness (QED) is 0.544. The summed E-state index contributed by atoms with van der Waals surface area (Å²) in [5.41, 5.74) is 7.96. The fourth-order valence-electron chi connectivity index (χ4n) is 2.79. The van der Waals surface area contributed by atoms with Crippen LogP contribution in [0.1, 0.15) is 25.2 Å². The number of hydrogen-bond acceptors (Lipinski definition) is 8. The number of aryl methyl sites for hydroxylation is 1. The lowest BCUT2D eigenvalue weighted by Gasteiger charge is -2.17. The number of pyridine rings is 1. The first-order chi connectivity index (χ1) is 12.8. The summed E-state index contributed by atoms with van der Waals surface area (Å²) in [6.45, 7) is 3.81. The normalized spacial score (nSPS) is 12.0. The van der Waals surface area contributed by atoms with Gasteiger partial charge < -0.3 is 10.8 Å². The molecule has 0 unspecified atom stereocenters. The molecule has 10 nitrogen and oxygen atoms in total. The van der Waals surface area contributed by atoms with Crippen LogP contribution >= 0.6 is 0 Å². The van der Waals surface area contributed by atoms with E-state index in [-0.39, 0.29) is 5.95 Å². The minimum atomic E-state index is -1.01. The number of nitrogen functional groups attached to an aromatic ring is 1. The summed E-state index contributed by atoms with van der Waals surface area (Å²) in [5, 5.41) is 23.4. The number of anilines is 1. The molecule has 138 valence electrons. The number of nitrogens with zero attached hydrogens (tertiary/aromatic N) is 8. The Morgan fingerprint density at radius 3 is 2.78 bits per heavy atom. The van der Waals surface area contributed by atoms with Crippen molar-refractivity contribution in [3.8, 4) is 11.4 Å². The summed E-state index contributed by atoms with van der Waals surface area (Å²) in [4.78, 5) is 13.0. The molecule has 4 aromatic heterocycles. The van der Waals surface area contributed by atoms with E-state index in [9.17, 15) is 5.11 Å². The van der Waals surface area contributed by atoms with Crippen molar-refractivity contribution in [3.05, 3.63) is 42.0 Å². The first kappa shape index (κ1) is 17.0. The Morgan fingerprint density at radius 1 is 1.19 bits per heavy atom. The molecule has 4 heterocycles. The Hall–Kier alpha value is -3.40. The van der Waals surface area contributed by atoms with E-state index in [0.29, 0.717) is 29.3 Å². The van der Waals surface area contributed by atoms with E-state index in [1.54, 1.807) is 48.7 Å². The number of aliphatic hydroxyl groups is 1. The van der Waals surface area contributed by atoms with Gasteiger partial charge in [-0.25, -0.2) is 9.67 Å². The molecule has 4 rings (SSSR count). The number of nitrogens with two attached hydrogens (primary N) is 1. The minimum Gasteiger partial charge on any atom is -0.384 e. The van der Waals surface area contributed by atoms with Crippen molar-refractivity contribution in [1.82, 2.24) is 39.7 Å². The zero-order valence-electron chi connectivity index (χ0n) is 15.2. The molecule has 0 aromatic carbocycles. The average Bonchev–Trinajstić information content (AvgIpc) is 3.21. The summed E-state index contributed by atoms with van der Waals surface area (Å²) < 4.78 is 3.29. The summed E-state index contributed by atoms with van der Waals surface area (Å²) in [6, 6.07) is 5.52. The van der Waals surface area contributed by atoms with Gasteiger partial charge in [0, 0.05) is 7.05 Å². The molecule has 0 spiro atoms. The highest BCUT2D eigenvalue weighted by molar-refractivity contribution is 5.89. The maximum atomic E-state index is 10.1. The maximum Gasteiger partial charge on any atom is 0.222 e. The molecular weight excluding hydrogens is 346 g/mol. The number of fused-ring (bicyclic) bond motifs is 1. The molecule has 0 aliphatic heterocycles. The highest BCUT2D eigenvalue weighted by atomic mass is 16.3. The van der Waals surface area contributed by atoms with E-state index in [4.69, 9.17) is 5.73 Å². The van der Waals surface area contributed by atoms with Crippen LogP contribution in [0.15, 0.2) is 30.6 Å². The second-order valence-electron chi connectivity index (χ2n) is 6.81. The molecule has 0 saturated heterocycles. The maximum absolute atomic E-state index is 10.1. The van der Waals surface area contributed by atoms with E-state index < -0.39 is 5.60 Å². The zero-order chi connectivity index (χ0) is 19.2. The third-order valence-electron chi connectivity index (χ3n) is 4.15. The van der Waals surface area contributed by atoms with Gasteiger partial charge in [-0.1, -0.05) is 11.3 Å². The van der Waals surface area contributed by atoms with Crippen molar-refractivity contribution in [2.24, 2.45) is 7.05 Å². The Balaban J connectivity index is 1.67. The summed E-state index contributed by atoms with van der Waals surface area (Å²) in [5.74, 6) is 0.148. The molecule has 10 heteroatoms. The van der Waals surface area contributed by atoms with Gasteiger partial charge in [0.1, 0.15) is 17.0 Å². The first-order valence-electron chi connectivity index (χ1n) is 8.36. The lowest BCUT2D eigenvalue weighted by atomic mass is 10.0. The van der Waals surface area contributed by atoms with Crippen LogP contribution in [0.5, 0.6) is 0 Å². The predicted molar refractivity (Wildman–Crippen MR) is 98.3 cm³/mol. The average molecular weight is 365 g/mol. The van der Waals surface area contributed by atoms with Crippen LogP contribution in [0.4, 0.5) is 5.95 Å². The van der Waals surface area contributed by atoms with Gasteiger partial charge in [0.2, 0.25) is 5.95 Å². The molecule has 0 bridgehead atoms. The van der Waals surface area contributed by atoms with Crippen molar-refractivity contribution < 1.29 is 5.11 Å². The van der Waals surface area contributed by atoms with E-state index in [1.165, 1.54) is 0 Å². The molecule has 3 N–H and O–H groups in total. The van der Waals surface area contributed by atoms with Gasteiger partial charge in [0.25, 0.3) is 0 Å². The second-order valence-corrected chi connectivity index (χ2v) is 6.81. The van der Waals surface area contributed by atoms with Crippen molar-refractivity contribution >= 4 is 17.0 Å². The first-order valence-corrected chi connectivity index (χ1v) is 8.36. The van der Waals surface area contributed by atoms with Crippen LogP contribution in [-0.2, 0) is 19.2 Å². The number of aromatic nitrogens is 8. The minimum absolute atomic E-state index is 0.148. The Morgan fingerprint density at radius 2 is 2.00 bits per heavy atom. The summed E-state index contributed by atoms with van der Waals surface area (Å²) >= 11 is 0. The van der Waals surface area contributed by atoms with Crippen molar-refractivity contribution in [3.63, 3.8) is 0 Å². The van der Waals surface area contributed by atoms with Gasteiger partial charge in [0.05, 0.1) is 35.7 Å². The third-order valence-corrected chi connectivity index (χ3v) is 4.15. The fourth-order valence-corrected chi connectivity index (χ4v) is 2.79. The van der Waals surface area contributed by atoms with Crippen LogP contribution in [-0.4, -0.2) is 44.8 Å². The SMILES string of the molecule is Cn1ncc2c(-c3cn(Cc4cccc(C(C)(C)O)n4)nn3)nc(N)nc21. The highest BCUT2D eigenvalue weighted by Crippen LogP contribution is 2.24. The molecule has 0 saturated carbocycles. The van der Waals surface area contributed by atoms with E-state index >= 15 is 0 Å². The molecule has 27 heavy (non-hydrogen) atoms. The molecular formula is C17H19N9O. The van der Waals surface area contributed by atoms with Crippen LogP contribution in [0.2, 0.25) is 0 Å². The molecule has 0 amide bonds. The van der Waals surface area contributed by atoms with Gasteiger partial charge in [0.15, 0.2) is 5.65 Å². The monoisotopic (exact) mass is 365 g/mol. The van der Waals surface area contributed by atoms with Crippen LogP contribution in [0.25, 0.3) is 22.4 Å². The lowest BCUT2D eigenvalue weighted by Crippen LogP contribution is -2.18. The summed E-state index contributed by atoms with van der Waals surface area (Å²) in [6.07, 6.45) is 3.45. The van der Waals surface area contributed by atoms with Gasteiger partial charge in [-0.05, 0) is 26.0 Å². The Kier molecular flexibility index (Phi) is 3.84. The van der Waals surface area contributed by atoms with Gasteiger partial charge in [-0.15, -0.1) is 5.10 Å². The molecule has 0 fully saturated rings. The molecule has 0 atom stereocenters. The highest BCUT2D eigenvalue weighted by Gasteiger charge is 2.18. The van der Waals surface area contributed by atoms with Crippen LogP contribution in [0, 0.1) is 0 Å². The van der Waals surface area contributed by atoms with Crippen molar-refractivity contribution in [1.29, 1.82) is 0 Å². The zero-order valence-corrected chi connectivity index (χ0v) is 15.2. The van der Waals surface area contributed by atoms with Crippen molar-refractivity contribution in [2.75, 3.05) is 5.73 Å². The van der Waals surface area contributed by atoms with Gasteiger partial charge in [-0.2, -0.15) is 10.1 Å². The smallest absolute Gasteiger partial charge is 0.222 e. The summed E-state index contributed by atoms with van der Waals surface area (Å²) in [7, 11) is 1.79. The molecule has 0 aliphatic rings. The van der Waals surface area contributed by atoms with Crippen LogP contribution in [0.3, 0.4) is 0 Å². The van der Waals surface area contributed by atoms with E-state index in [1.807, 2.05) is 12.1 Å². The van der Waals surface area contributed by atoms with Gasteiger partial charge >= 0.3 is 0 Å². The van der Waals surface area contributed by atoms with E-state index in [0.717, 1.165) is 11.1 Å². The van der Waals surface area contributed by atoms with Crippen molar-refractivity contribution in [2.45, 2.75) is 26.0 Å². The Labute approximate surface area is 154 Å². The predicted octanol–water partition coefficient (Wildman–Crippen LogP) is 0.875. The lowest BCUT2D eigenvalue weighted by molar-refractivity contribution is 0.0736.